The Morgan fingerprint density at radius 2 is 2.14 bits per heavy atom. The molecular formula is C16H21N3O3. The van der Waals surface area contributed by atoms with Gasteiger partial charge in [-0.25, -0.2) is 0 Å². The summed E-state index contributed by atoms with van der Waals surface area (Å²) in [5.41, 5.74) is 0.867. The number of benzene rings is 1. The lowest BCUT2D eigenvalue weighted by atomic mass is 9.96. The number of β-amino-alcohol motifs (C(OH)–C–C–N with tert-alkyl or cyclic N) is 1. The van der Waals surface area contributed by atoms with Gasteiger partial charge in [-0.3, -0.25) is 4.90 Å². The Bertz CT molecular complexity index is 611. The molecule has 22 heavy (non-hydrogen) atoms. The number of nitrogens with zero attached hydrogens (tertiary/aromatic N) is 3. The van der Waals surface area contributed by atoms with Crippen molar-refractivity contribution in [3.05, 3.63) is 30.1 Å². The average molecular weight is 303 g/mol. The second-order valence-corrected chi connectivity index (χ2v) is 5.81. The van der Waals surface area contributed by atoms with Gasteiger partial charge in [0.25, 0.3) is 5.89 Å². The summed E-state index contributed by atoms with van der Waals surface area (Å²) in [7, 11) is 1.63. The van der Waals surface area contributed by atoms with Crippen LogP contribution in [0.2, 0.25) is 0 Å². The van der Waals surface area contributed by atoms with Crippen molar-refractivity contribution in [3.8, 4) is 17.2 Å². The SMILES string of the molecule is COc1ccc(-c2nc(CN3CCC(C)C(O)C3)no2)cc1. The highest BCUT2D eigenvalue weighted by Crippen LogP contribution is 2.22. The van der Waals surface area contributed by atoms with Crippen LogP contribution in [-0.4, -0.2) is 46.5 Å². The van der Waals surface area contributed by atoms with E-state index in [1.807, 2.05) is 24.3 Å². The molecule has 2 atom stereocenters. The van der Waals surface area contributed by atoms with Crippen molar-refractivity contribution < 1.29 is 14.4 Å². The van der Waals surface area contributed by atoms with Gasteiger partial charge in [0, 0.05) is 12.1 Å². The molecule has 0 radical (unpaired) electrons. The Hall–Kier alpha value is -1.92. The molecule has 1 fully saturated rings. The van der Waals surface area contributed by atoms with Crippen LogP contribution in [0.15, 0.2) is 28.8 Å². The zero-order valence-corrected chi connectivity index (χ0v) is 12.9. The molecular weight excluding hydrogens is 282 g/mol. The van der Waals surface area contributed by atoms with E-state index in [1.54, 1.807) is 7.11 Å². The van der Waals surface area contributed by atoms with Crippen molar-refractivity contribution in [1.29, 1.82) is 0 Å². The number of aliphatic hydroxyl groups is 1. The number of methoxy groups -OCH3 is 1. The summed E-state index contributed by atoms with van der Waals surface area (Å²) in [6.07, 6.45) is 0.714. The molecule has 6 heteroatoms. The Labute approximate surface area is 129 Å². The first-order chi connectivity index (χ1) is 10.7. The molecule has 118 valence electrons. The van der Waals surface area contributed by atoms with Gasteiger partial charge in [0.1, 0.15) is 5.75 Å². The van der Waals surface area contributed by atoms with Crippen LogP contribution in [0.1, 0.15) is 19.2 Å². The molecule has 2 aromatic rings. The number of hydrogen-bond acceptors (Lipinski definition) is 6. The molecule has 1 aliphatic rings. The predicted molar refractivity (Wildman–Crippen MR) is 81.4 cm³/mol. The van der Waals surface area contributed by atoms with Crippen LogP contribution < -0.4 is 4.74 Å². The minimum atomic E-state index is -0.276. The molecule has 3 rings (SSSR count). The molecule has 1 aromatic heterocycles. The van der Waals surface area contributed by atoms with Gasteiger partial charge in [-0.2, -0.15) is 4.98 Å². The van der Waals surface area contributed by atoms with Crippen LogP contribution in [0.3, 0.4) is 0 Å². The summed E-state index contributed by atoms with van der Waals surface area (Å²) in [5, 5.41) is 14.0. The minimum Gasteiger partial charge on any atom is -0.497 e. The molecule has 1 aliphatic heterocycles. The van der Waals surface area contributed by atoms with Crippen LogP contribution in [0, 0.1) is 5.92 Å². The number of hydrogen-bond donors (Lipinski definition) is 1. The highest BCUT2D eigenvalue weighted by atomic mass is 16.5. The summed E-state index contributed by atoms with van der Waals surface area (Å²) in [6.45, 7) is 4.29. The average Bonchev–Trinajstić information content (AvgIpc) is 2.99. The molecule has 1 N–H and O–H groups in total. The zero-order valence-electron chi connectivity index (χ0n) is 12.9. The zero-order chi connectivity index (χ0) is 15.5. The number of aromatic nitrogens is 2. The van der Waals surface area contributed by atoms with Gasteiger partial charge in [-0.15, -0.1) is 0 Å². The van der Waals surface area contributed by atoms with Gasteiger partial charge >= 0.3 is 0 Å². The smallest absolute Gasteiger partial charge is 0.257 e. The quantitative estimate of drug-likeness (QED) is 0.931. The highest BCUT2D eigenvalue weighted by Gasteiger charge is 2.25. The van der Waals surface area contributed by atoms with Crippen molar-refractivity contribution in [1.82, 2.24) is 15.0 Å². The number of likely N-dealkylation sites (tertiary alicyclic amines) is 1. The molecule has 2 unspecified atom stereocenters. The lowest BCUT2D eigenvalue weighted by Crippen LogP contribution is -2.42. The lowest BCUT2D eigenvalue weighted by Gasteiger charge is -2.33. The first kappa shape index (κ1) is 15.0. The maximum atomic E-state index is 9.94. The fraction of sp³-hybridized carbons (Fsp3) is 0.500. The van der Waals surface area contributed by atoms with E-state index >= 15 is 0 Å². The fourth-order valence-electron chi connectivity index (χ4n) is 2.63. The minimum absolute atomic E-state index is 0.276. The van der Waals surface area contributed by atoms with Crippen LogP contribution >= 0.6 is 0 Å². The molecule has 1 aromatic carbocycles. The molecule has 0 saturated carbocycles. The number of aliphatic hydroxyl groups excluding tert-OH is 1. The molecule has 2 heterocycles. The monoisotopic (exact) mass is 303 g/mol. The lowest BCUT2D eigenvalue weighted by molar-refractivity contribution is 0.0246. The molecule has 0 bridgehead atoms. The summed E-state index contributed by atoms with van der Waals surface area (Å²) in [6, 6.07) is 7.51. The second-order valence-electron chi connectivity index (χ2n) is 5.81. The van der Waals surface area contributed by atoms with E-state index in [0.29, 0.717) is 30.7 Å². The van der Waals surface area contributed by atoms with Crippen LogP contribution in [0.5, 0.6) is 5.75 Å². The van der Waals surface area contributed by atoms with Crippen molar-refractivity contribution in [2.45, 2.75) is 26.0 Å². The summed E-state index contributed by atoms with van der Waals surface area (Å²) < 4.78 is 10.5. The molecule has 0 spiro atoms. The molecule has 0 aliphatic carbocycles. The van der Waals surface area contributed by atoms with E-state index in [0.717, 1.165) is 24.3 Å². The summed E-state index contributed by atoms with van der Waals surface area (Å²) in [5.74, 6) is 2.30. The number of rotatable bonds is 4. The Morgan fingerprint density at radius 1 is 1.36 bits per heavy atom. The second kappa shape index (κ2) is 6.46. The topological polar surface area (TPSA) is 71.6 Å². The van der Waals surface area contributed by atoms with Gasteiger partial charge in [-0.05, 0) is 43.1 Å². The van der Waals surface area contributed by atoms with Crippen molar-refractivity contribution in [2.24, 2.45) is 5.92 Å². The standard InChI is InChI=1S/C16H21N3O3/c1-11-7-8-19(9-14(11)20)10-15-17-16(22-18-15)12-3-5-13(21-2)6-4-12/h3-6,11,14,20H,7-10H2,1-2H3. The van der Waals surface area contributed by atoms with E-state index < -0.39 is 0 Å². The van der Waals surface area contributed by atoms with E-state index in [2.05, 4.69) is 22.0 Å². The highest BCUT2D eigenvalue weighted by molar-refractivity contribution is 5.54. The van der Waals surface area contributed by atoms with Gasteiger partial charge in [0.05, 0.1) is 19.8 Å². The van der Waals surface area contributed by atoms with Gasteiger partial charge < -0.3 is 14.4 Å². The van der Waals surface area contributed by atoms with Gasteiger partial charge in [0.2, 0.25) is 0 Å². The third-order valence-corrected chi connectivity index (χ3v) is 4.17. The third kappa shape index (κ3) is 3.28. The molecule has 1 saturated heterocycles. The first-order valence-electron chi connectivity index (χ1n) is 7.53. The van der Waals surface area contributed by atoms with Crippen molar-refractivity contribution >= 4 is 0 Å². The fourth-order valence-corrected chi connectivity index (χ4v) is 2.63. The predicted octanol–water partition coefficient (Wildman–Crippen LogP) is 1.95. The Kier molecular flexibility index (Phi) is 4.40. The van der Waals surface area contributed by atoms with Crippen LogP contribution in [-0.2, 0) is 6.54 Å². The van der Waals surface area contributed by atoms with Gasteiger partial charge in [0.15, 0.2) is 5.82 Å². The number of ether oxygens (including phenoxy) is 1. The van der Waals surface area contributed by atoms with Crippen molar-refractivity contribution in [2.75, 3.05) is 20.2 Å². The van der Waals surface area contributed by atoms with Crippen LogP contribution in [0.25, 0.3) is 11.5 Å². The van der Waals surface area contributed by atoms with E-state index in [1.165, 1.54) is 0 Å². The van der Waals surface area contributed by atoms with Gasteiger partial charge in [-0.1, -0.05) is 12.1 Å². The summed E-state index contributed by atoms with van der Waals surface area (Å²) in [4.78, 5) is 6.59. The molecule has 0 amide bonds. The normalized spacial score (nSPS) is 22.7. The molecule has 6 nitrogen and oxygen atoms in total. The Balaban J connectivity index is 1.65. The number of piperidine rings is 1. The van der Waals surface area contributed by atoms with Crippen molar-refractivity contribution in [3.63, 3.8) is 0 Å². The summed E-state index contributed by atoms with van der Waals surface area (Å²) >= 11 is 0. The third-order valence-electron chi connectivity index (χ3n) is 4.17. The maximum Gasteiger partial charge on any atom is 0.257 e. The Morgan fingerprint density at radius 3 is 2.82 bits per heavy atom. The van der Waals surface area contributed by atoms with Crippen LogP contribution in [0.4, 0.5) is 0 Å². The van der Waals surface area contributed by atoms with E-state index in [9.17, 15) is 5.11 Å². The van der Waals surface area contributed by atoms with E-state index in [-0.39, 0.29) is 6.10 Å². The van der Waals surface area contributed by atoms with E-state index in [4.69, 9.17) is 9.26 Å². The maximum absolute atomic E-state index is 9.94. The largest absolute Gasteiger partial charge is 0.497 e. The first-order valence-corrected chi connectivity index (χ1v) is 7.53.